The number of nitrogens with zero attached hydrogens (tertiary/aromatic N) is 3. The first-order valence-electron chi connectivity index (χ1n) is 8.11. The molecule has 1 saturated heterocycles. The molecule has 24 heavy (non-hydrogen) atoms. The number of carbonyl (C=O) groups excluding carboxylic acids is 1. The van der Waals surface area contributed by atoms with Gasteiger partial charge in [-0.1, -0.05) is 12.1 Å². The number of aryl methyl sites for hydroxylation is 1. The summed E-state index contributed by atoms with van der Waals surface area (Å²) >= 11 is 0. The van der Waals surface area contributed by atoms with Crippen molar-refractivity contribution >= 4 is 29.0 Å². The second kappa shape index (κ2) is 5.36. The number of amides is 1. The van der Waals surface area contributed by atoms with E-state index in [9.17, 15) is 4.79 Å². The number of nitrogens with one attached hydrogen (secondary N) is 2. The highest BCUT2D eigenvalue weighted by atomic mass is 16.2. The average Bonchev–Trinajstić information content (AvgIpc) is 2.56. The summed E-state index contributed by atoms with van der Waals surface area (Å²) in [5, 5.41) is 6.49. The highest BCUT2D eigenvalue weighted by Crippen LogP contribution is 2.36. The van der Waals surface area contributed by atoms with Crippen LogP contribution in [-0.4, -0.2) is 34.5 Å². The van der Waals surface area contributed by atoms with E-state index in [1.807, 2.05) is 37.3 Å². The molecule has 1 aromatic heterocycles. The Morgan fingerprint density at radius 3 is 2.58 bits per heavy atom. The fourth-order valence-corrected chi connectivity index (χ4v) is 3.46. The van der Waals surface area contributed by atoms with Crippen LogP contribution in [0.25, 0.3) is 0 Å². The van der Waals surface area contributed by atoms with Crippen molar-refractivity contribution in [2.24, 2.45) is 0 Å². The normalized spacial score (nSPS) is 18.7. The SMILES string of the molecule is Cc1cc(N2CCC3(CC2)Nc2ccccc2NC3=O)nc(N)n1. The molecule has 3 heterocycles. The zero-order valence-corrected chi connectivity index (χ0v) is 13.5. The lowest BCUT2D eigenvalue weighted by Gasteiger charge is -2.44. The zero-order chi connectivity index (χ0) is 16.7. The van der Waals surface area contributed by atoms with E-state index in [4.69, 9.17) is 5.73 Å². The highest BCUT2D eigenvalue weighted by Gasteiger charge is 2.44. The maximum atomic E-state index is 12.6. The second-order valence-electron chi connectivity index (χ2n) is 6.42. The third-order valence-electron chi connectivity index (χ3n) is 4.78. The highest BCUT2D eigenvalue weighted by molar-refractivity contribution is 6.06. The molecule has 2 aliphatic heterocycles. The molecule has 4 N–H and O–H groups in total. The van der Waals surface area contributed by atoms with Crippen molar-refractivity contribution in [3.05, 3.63) is 36.0 Å². The summed E-state index contributed by atoms with van der Waals surface area (Å²) in [6.45, 7) is 3.37. The van der Waals surface area contributed by atoms with Gasteiger partial charge in [-0.2, -0.15) is 4.98 Å². The standard InChI is InChI=1S/C17H20N6O/c1-11-10-14(21-16(18)19-11)23-8-6-17(7-9-23)15(24)20-12-4-2-3-5-13(12)22-17/h2-5,10,22H,6-9H2,1H3,(H,20,24)(H2,18,19,21). The molecule has 1 spiro atoms. The van der Waals surface area contributed by atoms with Crippen molar-refractivity contribution in [2.75, 3.05) is 34.4 Å². The molecular weight excluding hydrogens is 304 g/mol. The Balaban J connectivity index is 1.54. The number of aromatic nitrogens is 2. The van der Waals surface area contributed by atoms with E-state index in [1.54, 1.807) is 0 Å². The lowest BCUT2D eigenvalue weighted by Crippen LogP contribution is -2.58. The monoisotopic (exact) mass is 324 g/mol. The van der Waals surface area contributed by atoms with E-state index in [2.05, 4.69) is 25.5 Å². The minimum atomic E-state index is -0.557. The Morgan fingerprint density at radius 2 is 1.88 bits per heavy atom. The van der Waals surface area contributed by atoms with Gasteiger partial charge in [0.05, 0.1) is 11.4 Å². The molecule has 0 aliphatic carbocycles. The van der Waals surface area contributed by atoms with Gasteiger partial charge in [0, 0.05) is 24.8 Å². The molecule has 124 valence electrons. The first-order chi connectivity index (χ1) is 11.6. The number of piperidine rings is 1. The first kappa shape index (κ1) is 14.7. The summed E-state index contributed by atoms with van der Waals surface area (Å²) in [7, 11) is 0. The van der Waals surface area contributed by atoms with Gasteiger partial charge in [-0.05, 0) is 31.9 Å². The Kier molecular flexibility index (Phi) is 3.30. The summed E-state index contributed by atoms with van der Waals surface area (Å²) in [6.07, 6.45) is 1.41. The van der Waals surface area contributed by atoms with Crippen LogP contribution in [0.2, 0.25) is 0 Å². The fourth-order valence-electron chi connectivity index (χ4n) is 3.46. The largest absolute Gasteiger partial charge is 0.369 e. The molecule has 0 atom stereocenters. The van der Waals surface area contributed by atoms with Crippen molar-refractivity contribution in [2.45, 2.75) is 25.3 Å². The maximum Gasteiger partial charge on any atom is 0.250 e. The van der Waals surface area contributed by atoms with Gasteiger partial charge in [0.25, 0.3) is 0 Å². The first-order valence-corrected chi connectivity index (χ1v) is 8.11. The Bertz CT molecular complexity index is 777. The molecule has 2 aromatic rings. The molecule has 1 fully saturated rings. The van der Waals surface area contributed by atoms with Crippen LogP contribution < -0.4 is 21.3 Å². The number of fused-ring (bicyclic) bond motifs is 1. The van der Waals surface area contributed by atoms with Crippen molar-refractivity contribution < 1.29 is 4.79 Å². The molecule has 7 nitrogen and oxygen atoms in total. The van der Waals surface area contributed by atoms with Gasteiger partial charge in [0.2, 0.25) is 11.9 Å². The minimum Gasteiger partial charge on any atom is -0.369 e. The van der Waals surface area contributed by atoms with Gasteiger partial charge in [-0.15, -0.1) is 0 Å². The van der Waals surface area contributed by atoms with Crippen LogP contribution >= 0.6 is 0 Å². The molecule has 0 unspecified atom stereocenters. The minimum absolute atomic E-state index is 0.0410. The van der Waals surface area contributed by atoms with E-state index >= 15 is 0 Å². The molecule has 0 bridgehead atoms. The number of carbonyl (C=O) groups is 1. The van der Waals surface area contributed by atoms with Crippen LogP contribution in [0.15, 0.2) is 30.3 Å². The van der Waals surface area contributed by atoms with Gasteiger partial charge >= 0.3 is 0 Å². The molecule has 0 saturated carbocycles. The summed E-state index contributed by atoms with van der Waals surface area (Å²) in [5.41, 5.74) is 7.86. The van der Waals surface area contributed by atoms with Crippen LogP contribution in [0, 0.1) is 6.92 Å². The third kappa shape index (κ3) is 2.42. The van der Waals surface area contributed by atoms with Crippen molar-refractivity contribution in [1.29, 1.82) is 0 Å². The van der Waals surface area contributed by atoms with Gasteiger partial charge in [0.15, 0.2) is 0 Å². The molecular formula is C17H20N6O. The lowest BCUT2D eigenvalue weighted by atomic mass is 9.84. The lowest BCUT2D eigenvalue weighted by molar-refractivity contribution is -0.121. The molecule has 4 rings (SSSR count). The number of para-hydroxylation sites is 2. The third-order valence-corrected chi connectivity index (χ3v) is 4.78. The number of anilines is 4. The van der Waals surface area contributed by atoms with Crippen molar-refractivity contribution in [3.8, 4) is 0 Å². The van der Waals surface area contributed by atoms with Crippen LogP contribution in [0.5, 0.6) is 0 Å². The Morgan fingerprint density at radius 1 is 1.17 bits per heavy atom. The summed E-state index contributed by atoms with van der Waals surface area (Å²) in [4.78, 5) is 23.2. The van der Waals surface area contributed by atoms with Crippen LogP contribution in [0.4, 0.5) is 23.1 Å². The molecule has 7 heteroatoms. The smallest absolute Gasteiger partial charge is 0.250 e. The number of nitrogens with two attached hydrogens (primary N) is 1. The summed E-state index contributed by atoms with van der Waals surface area (Å²) in [5.74, 6) is 1.15. The average molecular weight is 324 g/mol. The van der Waals surface area contributed by atoms with Crippen molar-refractivity contribution in [1.82, 2.24) is 9.97 Å². The van der Waals surface area contributed by atoms with Gasteiger partial charge < -0.3 is 21.3 Å². The van der Waals surface area contributed by atoms with Gasteiger partial charge in [0.1, 0.15) is 11.4 Å². The predicted octanol–water partition coefficient (Wildman–Crippen LogP) is 1.77. The number of hydrogen-bond acceptors (Lipinski definition) is 6. The predicted molar refractivity (Wildman–Crippen MR) is 94.1 cm³/mol. The van der Waals surface area contributed by atoms with Crippen molar-refractivity contribution in [3.63, 3.8) is 0 Å². The number of rotatable bonds is 1. The van der Waals surface area contributed by atoms with Crippen LogP contribution in [0.1, 0.15) is 18.5 Å². The summed E-state index contributed by atoms with van der Waals surface area (Å²) < 4.78 is 0. The number of hydrogen-bond donors (Lipinski definition) is 3. The van der Waals surface area contributed by atoms with Crippen LogP contribution in [0.3, 0.4) is 0 Å². The van der Waals surface area contributed by atoms with Gasteiger partial charge in [-0.3, -0.25) is 4.79 Å². The van der Waals surface area contributed by atoms with E-state index in [-0.39, 0.29) is 11.9 Å². The Labute approximate surface area is 140 Å². The van der Waals surface area contributed by atoms with E-state index in [0.29, 0.717) is 12.8 Å². The van der Waals surface area contributed by atoms with E-state index < -0.39 is 5.54 Å². The molecule has 2 aliphatic rings. The summed E-state index contributed by atoms with van der Waals surface area (Å²) in [6, 6.07) is 9.73. The van der Waals surface area contributed by atoms with Crippen LogP contribution in [-0.2, 0) is 4.79 Å². The number of benzene rings is 1. The fraction of sp³-hybridized carbons (Fsp3) is 0.353. The quantitative estimate of drug-likeness (QED) is 0.740. The van der Waals surface area contributed by atoms with Gasteiger partial charge in [-0.25, -0.2) is 4.98 Å². The Hall–Kier alpha value is -2.83. The van der Waals surface area contributed by atoms with E-state index in [1.165, 1.54) is 0 Å². The second-order valence-corrected chi connectivity index (χ2v) is 6.42. The molecule has 0 radical (unpaired) electrons. The molecule has 1 aromatic carbocycles. The van der Waals surface area contributed by atoms with E-state index in [0.717, 1.165) is 36.0 Å². The maximum absolute atomic E-state index is 12.6. The zero-order valence-electron chi connectivity index (χ0n) is 13.5. The molecule has 1 amide bonds. The number of nitrogen functional groups attached to an aromatic ring is 1. The topological polar surface area (TPSA) is 96.2 Å².